The standard InChI is InChI=1S/C16H23N3O4S/c1-10-9-24-14(17-10)13-8-19(6-7-23-13)16(22)18-12-4-2-11(3-5-12)15(20)21/h9,11-13H,2-8H2,1H3,(H,18,22)(H,20,21). The van der Waals surface area contributed by atoms with Gasteiger partial charge in [0.2, 0.25) is 0 Å². The number of nitrogens with zero attached hydrogens (tertiary/aromatic N) is 2. The molecule has 0 radical (unpaired) electrons. The molecule has 2 heterocycles. The highest BCUT2D eigenvalue weighted by Crippen LogP contribution is 2.27. The molecule has 2 fully saturated rings. The second kappa shape index (κ2) is 7.48. The van der Waals surface area contributed by atoms with Crippen molar-refractivity contribution in [3.05, 3.63) is 16.1 Å². The van der Waals surface area contributed by atoms with E-state index in [-0.39, 0.29) is 24.1 Å². The quantitative estimate of drug-likeness (QED) is 0.869. The van der Waals surface area contributed by atoms with E-state index in [1.54, 1.807) is 16.2 Å². The van der Waals surface area contributed by atoms with Gasteiger partial charge in [-0.25, -0.2) is 9.78 Å². The molecule has 2 amide bonds. The fourth-order valence-corrected chi connectivity index (χ4v) is 4.09. The Morgan fingerprint density at radius 2 is 2.12 bits per heavy atom. The molecule has 132 valence electrons. The number of carboxylic acids is 1. The molecule has 0 bridgehead atoms. The molecular formula is C16H23N3O4S. The van der Waals surface area contributed by atoms with Gasteiger partial charge in [-0.3, -0.25) is 4.79 Å². The predicted molar refractivity (Wildman–Crippen MR) is 89.0 cm³/mol. The van der Waals surface area contributed by atoms with Crippen LogP contribution < -0.4 is 5.32 Å². The number of urea groups is 1. The van der Waals surface area contributed by atoms with Crippen LogP contribution in [0.2, 0.25) is 0 Å². The Balaban J connectivity index is 1.51. The molecule has 1 atom stereocenters. The number of aryl methyl sites for hydroxylation is 1. The molecule has 1 aromatic heterocycles. The molecule has 1 aromatic rings. The lowest BCUT2D eigenvalue weighted by Crippen LogP contribution is -2.50. The third-order valence-electron chi connectivity index (χ3n) is 4.67. The van der Waals surface area contributed by atoms with Crippen molar-refractivity contribution in [1.29, 1.82) is 0 Å². The van der Waals surface area contributed by atoms with Crippen molar-refractivity contribution in [3.8, 4) is 0 Å². The van der Waals surface area contributed by atoms with E-state index in [0.717, 1.165) is 23.5 Å². The maximum atomic E-state index is 12.5. The summed E-state index contributed by atoms with van der Waals surface area (Å²) in [4.78, 5) is 29.7. The lowest BCUT2D eigenvalue weighted by molar-refractivity contribution is -0.142. The molecule has 1 unspecified atom stereocenters. The van der Waals surface area contributed by atoms with Gasteiger partial charge in [0.05, 0.1) is 19.1 Å². The van der Waals surface area contributed by atoms with E-state index in [1.807, 2.05) is 12.3 Å². The molecule has 0 aromatic carbocycles. The summed E-state index contributed by atoms with van der Waals surface area (Å²) < 4.78 is 5.75. The molecule has 1 saturated carbocycles. The smallest absolute Gasteiger partial charge is 0.317 e. The molecule has 0 spiro atoms. The van der Waals surface area contributed by atoms with Crippen LogP contribution in [0.5, 0.6) is 0 Å². The van der Waals surface area contributed by atoms with Gasteiger partial charge in [0.15, 0.2) is 0 Å². The minimum atomic E-state index is -0.727. The SMILES string of the molecule is Cc1csc(C2CN(C(=O)NC3CCC(C(=O)O)CC3)CCO2)n1. The van der Waals surface area contributed by atoms with E-state index < -0.39 is 5.97 Å². The Labute approximate surface area is 145 Å². The van der Waals surface area contributed by atoms with Gasteiger partial charge in [0.25, 0.3) is 0 Å². The highest BCUT2D eigenvalue weighted by molar-refractivity contribution is 7.09. The monoisotopic (exact) mass is 353 g/mol. The van der Waals surface area contributed by atoms with Crippen LogP contribution in [0.25, 0.3) is 0 Å². The van der Waals surface area contributed by atoms with Crippen LogP contribution in [0.1, 0.15) is 42.5 Å². The Morgan fingerprint density at radius 3 is 2.75 bits per heavy atom. The Morgan fingerprint density at radius 1 is 1.38 bits per heavy atom. The highest BCUT2D eigenvalue weighted by atomic mass is 32.1. The predicted octanol–water partition coefficient (Wildman–Crippen LogP) is 2.18. The third-order valence-corrected chi connectivity index (χ3v) is 5.72. The minimum absolute atomic E-state index is 0.0662. The maximum Gasteiger partial charge on any atom is 0.317 e. The van der Waals surface area contributed by atoms with Gasteiger partial charge >= 0.3 is 12.0 Å². The van der Waals surface area contributed by atoms with Crippen molar-refractivity contribution in [2.75, 3.05) is 19.7 Å². The number of aromatic nitrogens is 1. The molecule has 2 aliphatic rings. The second-order valence-corrected chi connectivity index (χ2v) is 7.36. The van der Waals surface area contributed by atoms with Gasteiger partial charge in [-0.05, 0) is 32.6 Å². The summed E-state index contributed by atoms with van der Waals surface area (Å²) in [5.41, 5.74) is 0.968. The van der Waals surface area contributed by atoms with E-state index >= 15 is 0 Å². The Bertz CT molecular complexity index is 598. The summed E-state index contributed by atoms with van der Waals surface area (Å²) in [7, 11) is 0. The molecule has 24 heavy (non-hydrogen) atoms. The van der Waals surface area contributed by atoms with Gasteiger partial charge in [-0.1, -0.05) is 0 Å². The largest absolute Gasteiger partial charge is 0.481 e. The number of aliphatic carboxylic acids is 1. The van der Waals surface area contributed by atoms with Crippen molar-refractivity contribution in [3.63, 3.8) is 0 Å². The molecule has 2 N–H and O–H groups in total. The normalized spacial score (nSPS) is 27.7. The number of carboxylic acid groups (broad SMARTS) is 1. The van der Waals surface area contributed by atoms with Crippen LogP contribution in [-0.2, 0) is 9.53 Å². The van der Waals surface area contributed by atoms with Crippen LogP contribution in [-0.4, -0.2) is 52.7 Å². The summed E-state index contributed by atoms with van der Waals surface area (Å²) in [6, 6.07) is -0.0214. The summed E-state index contributed by atoms with van der Waals surface area (Å²) in [6.07, 6.45) is 2.55. The Hall–Kier alpha value is -1.67. The number of thiazole rings is 1. The van der Waals surface area contributed by atoms with E-state index in [1.165, 1.54) is 0 Å². The van der Waals surface area contributed by atoms with Crippen LogP contribution in [0, 0.1) is 12.8 Å². The average Bonchev–Trinajstić information content (AvgIpc) is 3.02. The summed E-state index contributed by atoms with van der Waals surface area (Å²) in [5.74, 6) is -0.992. The van der Waals surface area contributed by atoms with E-state index in [0.29, 0.717) is 32.5 Å². The summed E-state index contributed by atoms with van der Waals surface area (Å²) >= 11 is 1.56. The molecule has 7 nitrogen and oxygen atoms in total. The number of nitrogens with one attached hydrogen (secondary N) is 1. The fourth-order valence-electron chi connectivity index (χ4n) is 3.25. The summed E-state index contributed by atoms with van der Waals surface area (Å²) in [6.45, 7) is 3.52. The zero-order chi connectivity index (χ0) is 17.1. The topological polar surface area (TPSA) is 91.8 Å². The number of hydrogen-bond donors (Lipinski definition) is 2. The first-order chi connectivity index (χ1) is 11.5. The number of carbonyl (C=O) groups excluding carboxylic acids is 1. The van der Waals surface area contributed by atoms with Crippen molar-refractivity contribution < 1.29 is 19.4 Å². The van der Waals surface area contributed by atoms with Crippen molar-refractivity contribution in [2.24, 2.45) is 5.92 Å². The van der Waals surface area contributed by atoms with Gasteiger partial charge < -0.3 is 20.1 Å². The van der Waals surface area contributed by atoms with Gasteiger partial charge in [0.1, 0.15) is 11.1 Å². The molecular weight excluding hydrogens is 330 g/mol. The number of rotatable bonds is 3. The van der Waals surface area contributed by atoms with Crippen LogP contribution in [0.15, 0.2) is 5.38 Å². The van der Waals surface area contributed by atoms with Crippen LogP contribution in [0.3, 0.4) is 0 Å². The zero-order valence-electron chi connectivity index (χ0n) is 13.7. The fraction of sp³-hybridized carbons (Fsp3) is 0.688. The van der Waals surface area contributed by atoms with Gasteiger partial charge in [-0.2, -0.15) is 0 Å². The van der Waals surface area contributed by atoms with E-state index in [4.69, 9.17) is 9.84 Å². The Kier molecular flexibility index (Phi) is 5.35. The van der Waals surface area contributed by atoms with Crippen molar-refractivity contribution in [1.82, 2.24) is 15.2 Å². The first-order valence-electron chi connectivity index (χ1n) is 8.35. The number of hydrogen-bond acceptors (Lipinski definition) is 5. The number of carbonyl (C=O) groups is 2. The van der Waals surface area contributed by atoms with Gasteiger partial charge in [-0.15, -0.1) is 11.3 Å². The molecule has 3 rings (SSSR count). The molecule has 1 saturated heterocycles. The summed E-state index contributed by atoms with van der Waals surface area (Å²) in [5, 5.41) is 15.0. The lowest BCUT2D eigenvalue weighted by atomic mass is 9.86. The molecule has 1 aliphatic heterocycles. The van der Waals surface area contributed by atoms with Crippen molar-refractivity contribution >= 4 is 23.3 Å². The van der Waals surface area contributed by atoms with E-state index in [9.17, 15) is 9.59 Å². The number of ether oxygens (including phenoxy) is 1. The molecule has 8 heteroatoms. The number of morpholine rings is 1. The first-order valence-corrected chi connectivity index (χ1v) is 9.22. The first kappa shape index (κ1) is 17.2. The molecule has 1 aliphatic carbocycles. The minimum Gasteiger partial charge on any atom is -0.481 e. The average molecular weight is 353 g/mol. The lowest BCUT2D eigenvalue weighted by Gasteiger charge is -2.34. The van der Waals surface area contributed by atoms with E-state index in [2.05, 4.69) is 10.3 Å². The van der Waals surface area contributed by atoms with Gasteiger partial charge in [0, 0.05) is 23.7 Å². The third kappa shape index (κ3) is 4.05. The van der Waals surface area contributed by atoms with Crippen LogP contribution >= 0.6 is 11.3 Å². The van der Waals surface area contributed by atoms with Crippen molar-refractivity contribution in [2.45, 2.75) is 44.8 Å². The maximum absolute atomic E-state index is 12.5. The highest BCUT2D eigenvalue weighted by Gasteiger charge is 2.30. The number of amides is 2. The zero-order valence-corrected chi connectivity index (χ0v) is 14.6. The van der Waals surface area contributed by atoms with Crippen LogP contribution in [0.4, 0.5) is 4.79 Å². The second-order valence-electron chi connectivity index (χ2n) is 6.47.